The van der Waals surface area contributed by atoms with Gasteiger partial charge in [0.25, 0.3) is 5.91 Å². The van der Waals surface area contributed by atoms with Gasteiger partial charge in [-0.1, -0.05) is 24.3 Å². The maximum atomic E-state index is 13.5. The summed E-state index contributed by atoms with van der Waals surface area (Å²) in [7, 11) is 1.44. The number of phenols is 1. The maximum Gasteiger partial charge on any atom is 0.296 e. The maximum absolute atomic E-state index is 13.5. The Balaban J connectivity index is 1.81. The van der Waals surface area contributed by atoms with Gasteiger partial charge in [0.2, 0.25) is 5.76 Å². The van der Waals surface area contributed by atoms with Crippen LogP contribution in [0.1, 0.15) is 33.3 Å². The monoisotopic (exact) mass is 414 g/mol. The molecule has 0 radical (unpaired) electrons. The van der Waals surface area contributed by atoms with Gasteiger partial charge in [0.15, 0.2) is 16.9 Å². The first-order valence-electron chi connectivity index (χ1n) is 9.68. The number of aryl methyl sites for hydroxylation is 1. The molecule has 1 amide bonds. The molecule has 31 heavy (non-hydrogen) atoms. The van der Waals surface area contributed by atoms with Crippen LogP contribution in [0.3, 0.4) is 0 Å². The summed E-state index contributed by atoms with van der Waals surface area (Å²) in [5.74, 6) is 0.124. The molecule has 2 aromatic heterocycles. The molecule has 0 aliphatic carbocycles. The number of carbonyl (C=O) groups is 1. The molecule has 0 bridgehead atoms. The van der Waals surface area contributed by atoms with Crippen LogP contribution in [0.15, 0.2) is 70.0 Å². The summed E-state index contributed by atoms with van der Waals surface area (Å²) in [5, 5.41) is 10.4. The van der Waals surface area contributed by atoms with E-state index in [1.807, 2.05) is 13.0 Å². The Morgan fingerprint density at radius 1 is 1.10 bits per heavy atom. The standard InChI is InChI=1S/C24H18N2O5/c1-13-7-10-19(25-12-13)26-21(14-8-9-16(27)18(11-14)30-2)20-22(28)15-5-3-4-6-17(15)31-23(20)24(26)29/h3-12,21,27H,1-2H3/t21-/m1/s1. The number of methoxy groups -OCH3 is 1. The quantitative estimate of drug-likeness (QED) is 0.546. The number of hydrogen-bond donors (Lipinski definition) is 1. The van der Waals surface area contributed by atoms with Crippen LogP contribution in [0.5, 0.6) is 11.5 Å². The first-order valence-corrected chi connectivity index (χ1v) is 9.68. The number of phenolic OH excluding ortho intramolecular Hbond substituents is 1. The predicted octanol–water partition coefficient (Wildman–Crippen LogP) is 3.96. The summed E-state index contributed by atoms with van der Waals surface area (Å²) in [6.07, 6.45) is 1.66. The molecule has 3 heterocycles. The second-order valence-electron chi connectivity index (χ2n) is 7.37. The van der Waals surface area contributed by atoms with Crippen LogP contribution < -0.4 is 15.1 Å². The minimum Gasteiger partial charge on any atom is -0.504 e. The average Bonchev–Trinajstić information content (AvgIpc) is 3.07. The predicted molar refractivity (Wildman–Crippen MR) is 115 cm³/mol. The van der Waals surface area contributed by atoms with Gasteiger partial charge in [-0.15, -0.1) is 0 Å². The number of ether oxygens (including phenoxy) is 1. The zero-order valence-corrected chi connectivity index (χ0v) is 16.8. The largest absolute Gasteiger partial charge is 0.504 e. The number of pyridine rings is 1. The van der Waals surface area contributed by atoms with Crippen LogP contribution in [0.2, 0.25) is 0 Å². The third-order valence-corrected chi connectivity index (χ3v) is 5.44. The Morgan fingerprint density at radius 3 is 2.65 bits per heavy atom. The van der Waals surface area contributed by atoms with Gasteiger partial charge in [-0.05, 0) is 48.4 Å². The number of carbonyl (C=O) groups excluding carboxylic acids is 1. The SMILES string of the molecule is COc1cc([C@@H]2c3c(oc4ccccc4c3=O)C(=O)N2c2ccc(C)cn2)ccc1O. The molecule has 7 heteroatoms. The number of anilines is 1. The van der Waals surface area contributed by atoms with Crippen LogP contribution in [0, 0.1) is 6.92 Å². The molecule has 5 rings (SSSR count). The number of fused-ring (bicyclic) bond motifs is 2. The van der Waals surface area contributed by atoms with Gasteiger partial charge >= 0.3 is 0 Å². The summed E-state index contributed by atoms with van der Waals surface area (Å²) in [6.45, 7) is 1.90. The van der Waals surface area contributed by atoms with Crippen molar-refractivity contribution in [2.24, 2.45) is 0 Å². The highest BCUT2D eigenvalue weighted by molar-refractivity contribution is 6.10. The molecule has 1 aliphatic heterocycles. The molecule has 7 nitrogen and oxygen atoms in total. The van der Waals surface area contributed by atoms with Crippen molar-refractivity contribution in [2.75, 3.05) is 12.0 Å². The number of hydrogen-bond acceptors (Lipinski definition) is 6. The molecular formula is C24H18N2O5. The lowest BCUT2D eigenvalue weighted by atomic mass is 9.98. The third kappa shape index (κ3) is 2.85. The van der Waals surface area contributed by atoms with Crippen LogP contribution in [0.4, 0.5) is 5.82 Å². The van der Waals surface area contributed by atoms with Crippen molar-refractivity contribution in [1.82, 2.24) is 4.98 Å². The van der Waals surface area contributed by atoms with E-state index in [4.69, 9.17) is 9.15 Å². The summed E-state index contributed by atoms with van der Waals surface area (Å²) in [6, 6.07) is 14.4. The van der Waals surface area contributed by atoms with Gasteiger partial charge in [0.1, 0.15) is 11.4 Å². The molecule has 1 N–H and O–H groups in total. The van der Waals surface area contributed by atoms with Crippen molar-refractivity contribution < 1.29 is 19.1 Å². The van der Waals surface area contributed by atoms with Crippen molar-refractivity contribution in [3.63, 3.8) is 0 Å². The second kappa shape index (κ2) is 6.98. The molecule has 4 aromatic rings. The van der Waals surface area contributed by atoms with E-state index in [9.17, 15) is 14.7 Å². The molecule has 1 aliphatic rings. The third-order valence-electron chi connectivity index (χ3n) is 5.44. The van der Waals surface area contributed by atoms with Crippen molar-refractivity contribution >= 4 is 22.7 Å². The fourth-order valence-electron chi connectivity index (χ4n) is 3.94. The topological polar surface area (TPSA) is 92.9 Å². The fourth-order valence-corrected chi connectivity index (χ4v) is 3.94. The van der Waals surface area contributed by atoms with Gasteiger partial charge in [-0.25, -0.2) is 4.98 Å². The minimum absolute atomic E-state index is 0.0110. The van der Waals surface area contributed by atoms with Crippen molar-refractivity contribution in [3.8, 4) is 11.5 Å². The Hall–Kier alpha value is -4.13. The summed E-state index contributed by atoms with van der Waals surface area (Å²) >= 11 is 0. The number of nitrogens with zero attached hydrogens (tertiary/aromatic N) is 2. The Kier molecular flexibility index (Phi) is 4.25. The highest BCUT2D eigenvalue weighted by Gasteiger charge is 2.44. The van der Waals surface area contributed by atoms with Crippen molar-refractivity contribution in [3.05, 3.63) is 93.5 Å². The lowest BCUT2D eigenvalue weighted by molar-refractivity contribution is 0.0970. The normalized spacial score (nSPS) is 15.4. The molecular weight excluding hydrogens is 396 g/mol. The van der Waals surface area contributed by atoms with Crippen LogP contribution >= 0.6 is 0 Å². The van der Waals surface area contributed by atoms with Gasteiger partial charge in [0.05, 0.1) is 24.1 Å². The number of para-hydroxylation sites is 1. The highest BCUT2D eigenvalue weighted by atomic mass is 16.5. The summed E-state index contributed by atoms with van der Waals surface area (Å²) in [5.41, 5.74) is 1.83. The molecule has 154 valence electrons. The Morgan fingerprint density at radius 2 is 1.90 bits per heavy atom. The van der Waals surface area contributed by atoms with E-state index in [1.165, 1.54) is 18.1 Å². The number of rotatable bonds is 3. The van der Waals surface area contributed by atoms with Crippen LogP contribution in [-0.2, 0) is 0 Å². The summed E-state index contributed by atoms with van der Waals surface area (Å²) in [4.78, 5) is 32.8. The van der Waals surface area contributed by atoms with Gasteiger partial charge in [-0.2, -0.15) is 0 Å². The Labute approximate surface area is 177 Å². The molecule has 0 spiro atoms. The molecule has 0 saturated carbocycles. The first-order chi connectivity index (χ1) is 15.0. The van der Waals surface area contributed by atoms with E-state index in [1.54, 1.807) is 48.7 Å². The lowest BCUT2D eigenvalue weighted by Crippen LogP contribution is -2.30. The second-order valence-corrected chi connectivity index (χ2v) is 7.37. The molecule has 1 atom stereocenters. The summed E-state index contributed by atoms with van der Waals surface area (Å²) < 4.78 is 11.2. The number of aromatic nitrogens is 1. The highest BCUT2D eigenvalue weighted by Crippen LogP contribution is 2.42. The first kappa shape index (κ1) is 18.9. The average molecular weight is 414 g/mol. The van der Waals surface area contributed by atoms with E-state index >= 15 is 0 Å². The smallest absolute Gasteiger partial charge is 0.296 e. The van der Waals surface area contributed by atoms with Gasteiger partial charge in [0, 0.05) is 6.20 Å². The van der Waals surface area contributed by atoms with E-state index in [0.717, 1.165) is 5.56 Å². The number of benzene rings is 2. The molecule has 2 aromatic carbocycles. The van der Waals surface area contributed by atoms with Gasteiger partial charge in [-0.3, -0.25) is 14.5 Å². The van der Waals surface area contributed by atoms with Crippen LogP contribution in [0.25, 0.3) is 11.0 Å². The van der Waals surface area contributed by atoms with Crippen LogP contribution in [-0.4, -0.2) is 23.1 Å². The van der Waals surface area contributed by atoms with E-state index in [-0.39, 0.29) is 28.3 Å². The molecule has 0 unspecified atom stereocenters. The van der Waals surface area contributed by atoms with E-state index in [2.05, 4.69) is 4.98 Å². The van der Waals surface area contributed by atoms with Crippen molar-refractivity contribution in [1.29, 1.82) is 0 Å². The van der Waals surface area contributed by atoms with E-state index < -0.39 is 11.9 Å². The fraction of sp³-hybridized carbons (Fsp3) is 0.125. The number of aromatic hydroxyl groups is 1. The zero-order valence-electron chi connectivity index (χ0n) is 16.8. The molecule has 0 saturated heterocycles. The zero-order chi connectivity index (χ0) is 21.7. The number of amides is 1. The Bertz CT molecular complexity index is 1390. The van der Waals surface area contributed by atoms with Gasteiger partial charge < -0.3 is 14.3 Å². The van der Waals surface area contributed by atoms with Crippen molar-refractivity contribution in [2.45, 2.75) is 13.0 Å². The lowest BCUT2D eigenvalue weighted by Gasteiger charge is -2.24. The van der Waals surface area contributed by atoms with E-state index in [0.29, 0.717) is 22.4 Å². The minimum atomic E-state index is -0.784. The molecule has 0 fully saturated rings.